The number of carbonyl (C=O) groups is 2. The summed E-state index contributed by atoms with van der Waals surface area (Å²) in [6, 6.07) is 6.32. The Labute approximate surface area is 142 Å². The molecule has 1 unspecified atom stereocenters. The van der Waals surface area contributed by atoms with Crippen LogP contribution in [0.1, 0.15) is 30.3 Å². The van der Waals surface area contributed by atoms with Crippen LogP contribution < -0.4 is 0 Å². The van der Waals surface area contributed by atoms with Crippen LogP contribution in [-0.2, 0) is 4.79 Å². The van der Waals surface area contributed by atoms with Crippen molar-refractivity contribution in [1.29, 1.82) is 0 Å². The van der Waals surface area contributed by atoms with E-state index in [-0.39, 0.29) is 17.4 Å². The molecule has 0 radical (unpaired) electrons. The fourth-order valence-electron chi connectivity index (χ4n) is 2.59. The Morgan fingerprint density at radius 2 is 2.12 bits per heavy atom. The highest BCUT2D eigenvalue weighted by atomic mass is 16.6. The number of aliphatic carboxylic acids is 1. The summed E-state index contributed by atoms with van der Waals surface area (Å²) < 4.78 is 1.36. The number of non-ortho nitro benzene ring substituents is 1. The van der Waals surface area contributed by atoms with Crippen molar-refractivity contribution >= 4 is 17.6 Å². The first-order valence-corrected chi connectivity index (χ1v) is 7.74. The molecule has 0 spiro atoms. The molecule has 9 heteroatoms. The number of rotatable bonds is 6. The minimum absolute atomic E-state index is 0.0819. The first-order valence-electron chi connectivity index (χ1n) is 7.74. The largest absolute Gasteiger partial charge is 0.480 e. The van der Waals surface area contributed by atoms with E-state index >= 15 is 0 Å². The molecule has 1 heterocycles. The van der Waals surface area contributed by atoms with Crippen molar-refractivity contribution in [3.63, 3.8) is 0 Å². The molecule has 0 bridgehead atoms. The van der Waals surface area contributed by atoms with Crippen molar-refractivity contribution in [1.82, 2.24) is 14.7 Å². The quantitative estimate of drug-likeness (QED) is 0.631. The van der Waals surface area contributed by atoms with E-state index in [0.29, 0.717) is 5.69 Å². The van der Waals surface area contributed by atoms with Gasteiger partial charge in [-0.15, -0.1) is 0 Å². The fourth-order valence-corrected chi connectivity index (χ4v) is 2.59. The van der Waals surface area contributed by atoms with Gasteiger partial charge in [-0.2, -0.15) is 5.10 Å². The number of carboxylic acid groups (broad SMARTS) is 1. The standard InChI is InChI=1S/C16H16N4O5/c1-10(16(22)23)19(11-5-6-11)15(21)14-7-8-18(17-14)12-3-2-4-13(9-12)20(24)25/h2-4,7-11H,5-6H2,1H3,(H,22,23). The van der Waals surface area contributed by atoms with Crippen molar-refractivity contribution in [3.8, 4) is 5.69 Å². The average Bonchev–Trinajstić information content (AvgIpc) is 3.29. The molecule has 130 valence electrons. The minimum Gasteiger partial charge on any atom is -0.480 e. The number of carbonyl (C=O) groups excluding carboxylic acids is 1. The van der Waals surface area contributed by atoms with E-state index in [0.717, 1.165) is 12.8 Å². The molecule has 1 fully saturated rings. The lowest BCUT2D eigenvalue weighted by molar-refractivity contribution is -0.384. The number of hydrogen-bond donors (Lipinski definition) is 1. The Morgan fingerprint density at radius 1 is 1.40 bits per heavy atom. The van der Waals surface area contributed by atoms with Crippen LogP contribution >= 0.6 is 0 Å². The number of benzene rings is 1. The van der Waals surface area contributed by atoms with Gasteiger partial charge in [-0.05, 0) is 31.9 Å². The molecule has 1 aromatic carbocycles. The molecule has 0 saturated heterocycles. The lowest BCUT2D eigenvalue weighted by atomic mass is 10.2. The zero-order valence-electron chi connectivity index (χ0n) is 13.4. The molecule has 1 atom stereocenters. The SMILES string of the molecule is CC(C(=O)O)N(C(=O)c1ccn(-c2cccc([N+](=O)[O-])c2)n1)C1CC1. The smallest absolute Gasteiger partial charge is 0.326 e. The Hall–Kier alpha value is -3.23. The van der Waals surface area contributed by atoms with Crippen LogP contribution in [0.4, 0.5) is 5.69 Å². The third kappa shape index (κ3) is 3.35. The van der Waals surface area contributed by atoms with Crippen LogP contribution in [-0.4, -0.2) is 48.7 Å². The second-order valence-electron chi connectivity index (χ2n) is 5.88. The number of aromatic nitrogens is 2. The van der Waals surface area contributed by atoms with E-state index in [9.17, 15) is 24.8 Å². The fraction of sp³-hybridized carbons (Fsp3) is 0.312. The molecule has 3 rings (SSSR count). The Balaban J connectivity index is 1.87. The van der Waals surface area contributed by atoms with Crippen molar-refractivity contribution in [2.24, 2.45) is 0 Å². The molecule has 1 saturated carbocycles. The van der Waals surface area contributed by atoms with Crippen LogP contribution in [0, 0.1) is 10.1 Å². The van der Waals surface area contributed by atoms with Crippen LogP contribution in [0.3, 0.4) is 0 Å². The van der Waals surface area contributed by atoms with Gasteiger partial charge in [-0.3, -0.25) is 14.9 Å². The van der Waals surface area contributed by atoms with Crippen LogP contribution in [0.25, 0.3) is 5.69 Å². The second kappa shape index (κ2) is 6.34. The maximum atomic E-state index is 12.7. The van der Waals surface area contributed by atoms with Crippen molar-refractivity contribution in [2.75, 3.05) is 0 Å². The molecule has 1 aliphatic carbocycles. The van der Waals surface area contributed by atoms with Gasteiger partial charge in [0, 0.05) is 24.4 Å². The van der Waals surface area contributed by atoms with Gasteiger partial charge in [0.2, 0.25) is 0 Å². The molecule has 1 aliphatic rings. The molecule has 2 aromatic rings. The normalized spacial score (nSPS) is 14.8. The van der Waals surface area contributed by atoms with E-state index in [4.69, 9.17) is 0 Å². The third-order valence-corrected chi connectivity index (χ3v) is 4.06. The van der Waals surface area contributed by atoms with Gasteiger partial charge in [-0.25, -0.2) is 9.48 Å². The lowest BCUT2D eigenvalue weighted by Gasteiger charge is -2.25. The topological polar surface area (TPSA) is 119 Å². The maximum absolute atomic E-state index is 12.7. The summed E-state index contributed by atoms with van der Waals surface area (Å²) in [5, 5.41) is 24.2. The number of hydrogen-bond acceptors (Lipinski definition) is 5. The highest BCUT2D eigenvalue weighted by Gasteiger charge is 2.39. The zero-order chi connectivity index (χ0) is 18.1. The van der Waals surface area contributed by atoms with Gasteiger partial charge < -0.3 is 10.0 Å². The minimum atomic E-state index is -1.07. The van der Waals surface area contributed by atoms with Gasteiger partial charge in [0.05, 0.1) is 10.6 Å². The Bertz CT molecular complexity index is 843. The van der Waals surface area contributed by atoms with Crippen molar-refractivity contribution < 1.29 is 19.6 Å². The highest BCUT2D eigenvalue weighted by molar-refractivity contribution is 5.95. The zero-order valence-corrected chi connectivity index (χ0v) is 13.4. The predicted molar refractivity (Wildman–Crippen MR) is 86.5 cm³/mol. The molecule has 1 aromatic heterocycles. The van der Waals surface area contributed by atoms with E-state index in [1.807, 2.05) is 0 Å². The summed E-state index contributed by atoms with van der Waals surface area (Å²) in [7, 11) is 0. The number of carboxylic acids is 1. The van der Waals surface area contributed by atoms with Gasteiger partial charge in [0.1, 0.15) is 6.04 Å². The van der Waals surface area contributed by atoms with E-state index < -0.39 is 22.8 Å². The number of nitrogens with zero attached hydrogens (tertiary/aromatic N) is 4. The summed E-state index contributed by atoms with van der Waals surface area (Å²) in [6.45, 7) is 1.47. The van der Waals surface area contributed by atoms with Crippen LogP contribution in [0.5, 0.6) is 0 Å². The molecular weight excluding hydrogens is 328 g/mol. The predicted octanol–water partition coefficient (Wildman–Crippen LogP) is 1.86. The van der Waals surface area contributed by atoms with Crippen LogP contribution in [0.2, 0.25) is 0 Å². The van der Waals surface area contributed by atoms with E-state index in [1.165, 1.54) is 47.0 Å². The molecule has 25 heavy (non-hydrogen) atoms. The van der Waals surface area contributed by atoms with E-state index in [2.05, 4.69) is 5.10 Å². The molecule has 1 amide bonds. The van der Waals surface area contributed by atoms with Gasteiger partial charge in [-0.1, -0.05) is 6.07 Å². The molecular formula is C16H16N4O5. The summed E-state index contributed by atoms with van der Waals surface area (Å²) >= 11 is 0. The lowest BCUT2D eigenvalue weighted by Crippen LogP contribution is -2.44. The number of amides is 1. The van der Waals surface area contributed by atoms with Gasteiger partial charge >= 0.3 is 5.97 Å². The summed E-state index contributed by atoms with van der Waals surface area (Å²) in [4.78, 5) is 35.6. The number of nitro benzene ring substituents is 1. The maximum Gasteiger partial charge on any atom is 0.326 e. The van der Waals surface area contributed by atoms with Crippen molar-refractivity contribution in [3.05, 3.63) is 52.3 Å². The molecule has 9 nitrogen and oxygen atoms in total. The first-order chi connectivity index (χ1) is 11.9. The summed E-state index contributed by atoms with van der Waals surface area (Å²) in [6.07, 6.45) is 3.06. The Morgan fingerprint density at radius 3 is 2.72 bits per heavy atom. The summed E-state index contributed by atoms with van der Waals surface area (Å²) in [5.41, 5.74) is 0.462. The highest BCUT2D eigenvalue weighted by Crippen LogP contribution is 2.30. The van der Waals surface area contributed by atoms with E-state index in [1.54, 1.807) is 6.07 Å². The Kier molecular flexibility index (Phi) is 4.22. The van der Waals surface area contributed by atoms with Crippen molar-refractivity contribution in [2.45, 2.75) is 31.8 Å². The molecule has 1 N–H and O–H groups in total. The first kappa shape index (κ1) is 16.6. The monoisotopic (exact) mass is 344 g/mol. The van der Waals surface area contributed by atoms with Gasteiger partial charge in [0.15, 0.2) is 5.69 Å². The second-order valence-corrected chi connectivity index (χ2v) is 5.88. The molecule has 0 aliphatic heterocycles. The average molecular weight is 344 g/mol. The third-order valence-electron chi connectivity index (χ3n) is 4.06. The summed E-state index contributed by atoms with van der Waals surface area (Å²) in [5.74, 6) is -1.53. The van der Waals surface area contributed by atoms with Gasteiger partial charge in [0.25, 0.3) is 11.6 Å². The number of nitro groups is 1. The van der Waals surface area contributed by atoms with Crippen LogP contribution in [0.15, 0.2) is 36.5 Å².